The summed E-state index contributed by atoms with van der Waals surface area (Å²) in [6.45, 7) is 1.90. The summed E-state index contributed by atoms with van der Waals surface area (Å²) in [5.74, 6) is 5.58. The lowest BCUT2D eigenvalue weighted by Crippen LogP contribution is -1.99. The summed E-state index contributed by atoms with van der Waals surface area (Å²) in [5, 5.41) is 18.6. The Balaban J connectivity index is 3.87. The van der Waals surface area contributed by atoms with Crippen molar-refractivity contribution in [1.82, 2.24) is 0 Å². The molecule has 0 saturated heterocycles. The lowest BCUT2D eigenvalue weighted by Gasteiger charge is -1.97. The molecular formula is C13H17IO2. The van der Waals surface area contributed by atoms with Gasteiger partial charge in [0, 0.05) is 6.42 Å². The molecule has 2 nitrogen and oxygen atoms in total. The SMILES string of the molecule is CC[C@@H](O)/C=C/C#CC[C@@H](O)/C=C/C=C/I. The van der Waals surface area contributed by atoms with Gasteiger partial charge in [0.25, 0.3) is 0 Å². The first-order valence-electron chi connectivity index (χ1n) is 5.15. The molecule has 0 aliphatic heterocycles. The standard InChI is InChI=1S/C13H17IO2/c1-2-12(15)8-4-3-5-9-13(16)10-6-7-11-14/h4,6-8,10-13,15-16H,2,9H2,1H3/b8-4+,10-6+,11-7+/t12-,13-/m1/s1. The molecule has 0 rings (SSSR count). The molecule has 0 saturated carbocycles. The molecule has 0 aromatic rings. The van der Waals surface area contributed by atoms with Gasteiger partial charge in [0.15, 0.2) is 0 Å². The largest absolute Gasteiger partial charge is 0.389 e. The van der Waals surface area contributed by atoms with Gasteiger partial charge < -0.3 is 10.2 Å². The number of hydrogen-bond acceptors (Lipinski definition) is 2. The summed E-state index contributed by atoms with van der Waals surface area (Å²) in [4.78, 5) is 0. The predicted octanol–water partition coefficient (Wildman–Crippen LogP) is 2.57. The molecule has 88 valence electrons. The van der Waals surface area contributed by atoms with E-state index in [2.05, 4.69) is 34.4 Å². The third kappa shape index (κ3) is 9.97. The van der Waals surface area contributed by atoms with Crippen molar-refractivity contribution in [3.8, 4) is 11.8 Å². The van der Waals surface area contributed by atoms with Crippen LogP contribution in [0.3, 0.4) is 0 Å². The van der Waals surface area contributed by atoms with E-state index in [1.807, 2.05) is 17.1 Å². The molecule has 0 heterocycles. The zero-order valence-electron chi connectivity index (χ0n) is 9.31. The molecule has 3 heteroatoms. The van der Waals surface area contributed by atoms with E-state index in [9.17, 15) is 10.2 Å². The van der Waals surface area contributed by atoms with Crippen molar-refractivity contribution >= 4 is 22.6 Å². The van der Waals surface area contributed by atoms with Crippen LogP contribution >= 0.6 is 22.6 Å². The number of aliphatic hydroxyl groups is 2. The summed E-state index contributed by atoms with van der Waals surface area (Å²) in [6.07, 6.45) is 8.71. The van der Waals surface area contributed by atoms with Crippen LogP contribution in [0.1, 0.15) is 19.8 Å². The molecular weight excluding hydrogens is 315 g/mol. The Morgan fingerprint density at radius 2 is 1.94 bits per heavy atom. The van der Waals surface area contributed by atoms with E-state index < -0.39 is 12.2 Å². The zero-order valence-corrected chi connectivity index (χ0v) is 11.5. The van der Waals surface area contributed by atoms with Crippen molar-refractivity contribution in [1.29, 1.82) is 0 Å². The van der Waals surface area contributed by atoms with Crippen molar-refractivity contribution in [2.45, 2.75) is 32.0 Å². The van der Waals surface area contributed by atoms with E-state index in [0.29, 0.717) is 12.8 Å². The quantitative estimate of drug-likeness (QED) is 0.462. The van der Waals surface area contributed by atoms with Crippen molar-refractivity contribution < 1.29 is 10.2 Å². The van der Waals surface area contributed by atoms with Crippen LogP contribution in [0.5, 0.6) is 0 Å². The van der Waals surface area contributed by atoms with E-state index in [1.54, 1.807) is 24.3 Å². The van der Waals surface area contributed by atoms with Crippen molar-refractivity contribution in [2.75, 3.05) is 0 Å². The second-order valence-corrected chi connectivity index (χ2v) is 3.85. The van der Waals surface area contributed by atoms with Gasteiger partial charge in [-0.3, -0.25) is 0 Å². The number of allylic oxidation sites excluding steroid dienone is 3. The number of halogens is 1. The Bertz CT molecular complexity index is 308. The summed E-state index contributed by atoms with van der Waals surface area (Å²) >= 11 is 2.11. The Labute approximate surface area is 111 Å². The number of hydrogen-bond donors (Lipinski definition) is 2. The third-order valence-electron chi connectivity index (χ3n) is 1.75. The summed E-state index contributed by atoms with van der Waals surface area (Å²) in [6, 6.07) is 0. The number of aliphatic hydroxyl groups excluding tert-OH is 2. The maximum Gasteiger partial charge on any atom is 0.0833 e. The molecule has 16 heavy (non-hydrogen) atoms. The van der Waals surface area contributed by atoms with Crippen molar-refractivity contribution in [3.05, 3.63) is 34.5 Å². The highest BCUT2D eigenvalue weighted by atomic mass is 127. The fourth-order valence-corrected chi connectivity index (χ4v) is 1.06. The van der Waals surface area contributed by atoms with Crippen molar-refractivity contribution in [3.63, 3.8) is 0 Å². The Morgan fingerprint density at radius 1 is 1.19 bits per heavy atom. The van der Waals surface area contributed by atoms with Gasteiger partial charge in [-0.05, 0) is 22.7 Å². The van der Waals surface area contributed by atoms with Gasteiger partial charge in [0.2, 0.25) is 0 Å². The smallest absolute Gasteiger partial charge is 0.0833 e. The second kappa shape index (κ2) is 10.9. The molecule has 0 aliphatic carbocycles. The van der Waals surface area contributed by atoms with Gasteiger partial charge in [-0.15, -0.1) is 0 Å². The van der Waals surface area contributed by atoms with Gasteiger partial charge in [0.05, 0.1) is 12.2 Å². The van der Waals surface area contributed by atoms with Gasteiger partial charge in [-0.25, -0.2) is 0 Å². The molecule has 0 aromatic heterocycles. The van der Waals surface area contributed by atoms with Crippen molar-refractivity contribution in [2.24, 2.45) is 0 Å². The van der Waals surface area contributed by atoms with Crippen LogP contribution in [0.2, 0.25) is 0 Å². The highest BCUT2D eigenvalue weighted by Gasteiger charge is 1.93. The van der Waals surface area contributed by atoms with Crippen LogP contribution in [0.25, 0.3) is 0 Å². The zero-order chi connectivity index (χ0) is 12.2. The second-order valence-electron chi connectivity index (χ2n) is 3.13. The molecule has 0 aliphatic rings. The lowest BCUT2D eigenvalue weighted by atomic mass is 10.2. The van der Waals surface area contributed by atoms with Crippen LogP contribution in [-0.2, 0) is 0 Å². The van der Waals surface area contributed by atoms with Crippen LogP contribution in [0, 0.1) is 11.8 Å². The topological polar surface area (TPSA) is 40.5 Å². The minimum Gasteiger partial charge on any atom is -0.389 e. The molecule has 0 amide bonds. The van der Waals surface area contributed by atoms with E-state index in [1.165, 1.54) is 0 Å². The average molecular weight is 332 g/mol. The summed E-state index contributed by atoms with van der Waals surface area (Å²) < 4.78 is 1.86. The minimum atomic E-state index is -0.537. The Hall–Kier alpha value is -0.570. The first-order chi connectivity index (χ1) is 7.70. The predicted molar refractivity (Wildman–Crippen MR) is 76.1 cm³/mol. The minimum absolute atomic E-state index is 0.401. The van der Waals surface area contributed by atoms with Crippen LogP contribution in [0.4, 0.5) is 0 Å². The fraction of sp³-hybridized carbons (Fsp3) is 0.385. The molecule has 2 N–H and O–H groups in total. The number of rotatable bonds is 5. The van der Waals surface area contributed by atoms with E-state index in [-0.39, 0.29) is 0 Å². The summed E-state index contributed by atoms with van der Waals surface area (Å²) in [7, 11) is 0. The molecule has 0 aromatic carbocycles. The maximum atomic E-state index is 9.43. The third-order valence-corrected chi connectivity index (χ3v) is 2.17. The molecule has 0 bridgehead atoms. The van der Waals surface area contributed by atoms with Gasteiger partial charge in [-0.1, -0.05) is 59.6 Å². The molecule has 0 spiro atoms. The first kappa shape index (κ1) is 15.4. The van der Waals surface area contributed by atoms with Crippen LogP contribution < -0.4 is 0 Å². The van der Waals surface area contributed by atoms with Gasteiger partial charge in [-0.2, -0.15) is 0 Å². The van der Waals surface area contributed by atoms with Crippen LogP contribution in [-0.4, -0.2) is 22.4 Å². The molecule has 0 fully saturated rings. The highest BCUT2D eigenvalue weighted by Crippen LogP contribution is 1.94. The van der Waals surface area contributed by atoms with E-state index in [0.717, 1.165) is 0 Å². The van der Waals surface area contributed by atoms with Crippen LogP contribution in [0.15, 0.2) is 34.5 Å². The normalized spacial score (nSPS) is 15.5. The Kier molecular flexibility index (Phi) is 10.5. The average Bonchev–Trinajstić information content (AvgIpc) is 2.28. The molecule has 0 unspecified atom stereocenters. The highest BCUT2D eigenvalue weighted by molar-refractivity contribution is 14.1. The summed E-state index contributed by atoms with van der Waals surface area (Å²) in [5.41, 5.74) is 0. The monoisotopic (exact) mass is 332 g/mol. The van der Waals surface area contributed by atoms with E-state index >= 15 is 0 Å². The van der Waals surface area contributed by atoms with Gasteiger partial charge >= 0.3 is 0 Å². The first-order valence-corrected chi connectivity index (χ1v) is 6.40. The molecule has 2 atom stereocenters. The van der Waals surface area contributed by atoms with E-state index in [4.69, 9.17) is 0 Å². The molecule has 0 radical (unpaired) electrons. The fourth-order valence-electron chi connectivity index (χ4n) is 0.820. The lowest BCUT2D eigenvalue weighted by molar-refractivity contribution is 0.219. The van der Waals surface area contributed by atoms with Gasteiger partial charge in [0.1, 0.15) is 0 Å². The Morgan fingerprint density at radius 3 is 2.56 bits per heavy atom. The maximum absolute atomic E-state index is 9.43.